The van der Waals surface area contributed by atoms with E-state index < -0.39 is 4.92 Å². The third kappa shape index (κ3) is 3.56. The molecule has 1 heterocycles. The molecule has 10 heteroatoms. The topological polar surface area (TPSA) is 114 Å². The van der Waals surface area contributed by atoms with E-state index in [2.05, 4.69) is 15.5 Å². The summed E-state index contributed by atoms with van der Waals surface area (Å²) in [5, 5.41) is 31.8. The summed E-state index contributed by atoms with van der Waals surface area (Å²) in [5.41, 5.74) is -0.0244. The third-order valence-electron chi connectivity index (χ3n) is 2.37. The SMILES string of the molecule is CNc1nnc(COc2c(I)cc(C#N)cc2[N+](=O)[O-])s1. The first kappa shape index (κ1) is 15.4. The number of hydrogen-bond donors (Lipinski definition) is 1. The van der Waals surface area contributed by atoms with Crippen LogP contribution in [0.15, 0.2) is 12.1 Å². The molecule has 8 nitrogen and oxygen atoms in total. The van der Waals surface area contributed by atoms with Crippen molar-refractivity contribution in [1.82, 2.24) is 10.2 Å². The second-order valence-electron chi connectivity index (χ2n) is 3.71. The highest BCUT2D eigenvalue weighted by Crippen LogP contribution is 2.34. The highest BCUT2D eigenvalue weighted by Gasteiger charge is 2.21. The monoisotopic (exact) mass is 417 g/mol. The molecule has 1 N–H and O–H groups in total. The van der Waals surface area contributed by atoms with Crippen LogP contribution >= 0.6 is 33.9 Å². The maximum Gasteiger partial charge on any atom is 0.313 e. The van der Waals surface area contributed by atoms with E-state index in [9.17, 15) is 10.1 Å². The Hall–Kier alpha value is -2.00. The van der Waals surface area contributed by atoms with Gasteiger partial charge in [0.15, 0.2) is 5.01 Å². The molecule has 1 aromatic heterocycles. The van der Waals surface area contributed by atoms with Gasteiger partial charge in [0.2, 0.25) is 10.9 Å². The Kier molecular flexibility index (Phi) is 4.86. The average Bonchev–Trinajstić information content (AvgIpc) is 2.93. The average molecular weight is 417 g/mol. The van der Waals surface area contributed by atoms with Gasteiger partial charge in [-0.1, -0.05) is 11.3 Å². The second-order valence-corrected chi connectivity index (χ2v) is 5.94. The number of benzene rings is 1. The minimum absolute atomic E-state index is 0.0715. The zero-order valence-electron chi connectivity index (χ0n) is 10.7. The largest absolute Gasteiger partial charge is 0.479 e. The lowest BCUT2D eigenvalue weighted by Gasteiger charge is -2.07. The van der Waals surface area contributed by atoms with Crippen LogP contribution in [0.2, 0.25) is 0 Å². The maximum atomic E-state index is 11.1. The number of aromatic nitrogens is 2. The van der Waals surface area contributed by atoms with Gasteiger partial charge in [0.25, 0.3) is 0 Å². The Balaban J connectivity index is 2.26. The van der Waals surface area contributed by atoms with Gasteiger partial charge < -0.3 is 10.1 Å². The molecule has 21 heavy (non-hydrogen) atoms. The van der Waals surface area contributed by atoms with Gasteiger partial charge in [-0.3, -0.25) is 10.1 Å². The summed E-state index contributed by atoms with van der Waals surface area (Å²) in [6, 6.07) is 4.60. The zero-order valence-corrected chi connectivity index (χ0v) is 13.6. The molecule has 0 fully saturated rings. The van der Waals surface area contributed by atoms with Gasteiger partial charge in [-0.15, -0.1) is 10.2 Å². The molecule has 0 bridgehead atoms. The fourth-order valence-electron chi connectivity index (χ4n) is 1.47. The van der Waals surface area contributed by atoms with E-state index in [1.54, 1.807) is 7.05 Å². The van der Waals surface area contributed by atoms with Crippen molar-refractivity contribution in [1.29, 1.82) is 5.26 Å². The molecule has 0 aliphatic rings. The van der Waals surface area contributed by atoms with E-state index >= 15 is 0 Å². The molecule has 0 unspecified atom stereocenters. The van der Waals surface area contributed by atoms with Crippen LogP contribution < -0.4 is 10.1 Å². The van der Waals surface area contributed by atoms with Crippen LogP contribution in [-0.2, 0) is 6.61 Å². The molecule has 0 spiro atoms. The second kappa shape index (κ2) is 6.64. The lowest BCUT2D eigenvalue weighted by atomic mass is 10.2. The Morgan fingerprint density at radius 2 is 2.33 bits per heavy atom. The number of nitrogens with one attached hydrogen (secondary N) is 1. The number of halogens is 1. The van der Waals surface area contributed by atoms with Crippen LogP contribution in [0.4, 0.5) is 10.8 Å². The molecule has 1 aromatic carbocycles. The first-order valence-electron chi connectivity index (χ1n) is 5.56. The molecular weight excluding hydrogens is 409 g/mol. The Labute approximate surface area is 137 Å². The normalized spacial score (nSPS) is 9.95. The molecule has 108 valence electrons. The molecule has 0 aliphatic carbocycles. The van der Waals surface area contributed by atoms with Crippen molar-refractivity contribution in [2.75, 3.05) is 12.4 Å². The predicted octanol–water partition coefficient (Wildman–Crippen LogP) is 2.54. The third-order valence-corrected chi connectivity index (χ3v) is 4.09. The minimum atomic E-state index is -0.572. The first-order chi connectivity index (χ1) is 10.0. The van der Waals surface area contributed by atoms with Crippen molar-refractivity contribution >= 4 is 44.7 Å². The zero-order chi connectivity index (χ0) is 15.4. The number of ether oxygens (including phenoxy) is 1. The highest BCUT2D eigenvalue weighted by molar-refractivity contribution is 14.1. The number of nitriles is 1. The Morgan fingerprint density at radius 1 is 1.57 bits per heavy atom. The Morgan fingerprint density at radius 3 is 2.90 bits per heavy atom. The summed E-state index contributed by atoms with van der Waals surface area (Å²) in [7, 11) is 1.72. The summed E-state index contributed by atoms with van der Waals surface area (Å²) >= 11 is 3.19. The lowest BCUT2D eigenvalue weighted by molar-refractivity contribution is -0.386. The number of nitrogens with zero attached hydrogens (tertiary/aromatic N) is 4. The van der Waals surface area contributed by atoms with Gasteiger partial charge in [0, 0.05) is 13.1 Å². The number of hydrogen-bond acceptors (Lipinski definition) is 8. The standard InChI is InChI=1S/C11H8IN5O3S/c1-14-11-16-15-9(21-11)5-20-10-7(12)2-6(4-13)3-8(10)17(18)19/h2-3H,5H2,1H3,(H,14,16). The van der Waals surface area contributed by atoms with Crippen molar-refractivity contribution in [3.05, 3.63) is 36.4 Å². The number of anilines is 1. The molecule has 0 radical (unpaired) electrons. The lowest BCUT2D eigenvalue weighted by Crippen LogP contribution is -2.01. The summed E-state index contributed by atoms with van der Waals surface area (Å²) in [4.78, 5) is 10.5. The van der Waals surface area contributed by atoms with E-state index in [0.717, 1.165) is 0 Å². The molecule has 2 rings (SSSR count). The van der Waals surface area contributed by atoms with Crippen molar-refractivity contribution in [3.8, 4) is 11.8 Å². The molecule has 0 atom stereocenters. The predicted molar refractivity (Wildman–Crippen MR) is 84.3 cm³/mol. The number of rotatable bonds is 5. The van der Waals surface area contributed by atoms with Gasteiger partial charge in [0.1, 0.15) is 6.61 Å². The van der Waals surface area contributed by atoms with Crippen LogP contribution in [0.1, 0.15) is 10.6 Å². The molecule has 0 saturated carbocycles. The highest BCUT2D eigenvalue weighted by atomic mass is 127. The van der Waals surface area contributed by atoms with Gasteiger partial charge >= 0.3 is 5.69 Å². The Bertz CT molecular complexity index is 727. The number of nitro benzene ring substituents is 1. The maximum absolute atomic E-state index is 11.1. The van der Waals surface area contributed by atoms with Crippen molar-refractivity contribution in [2.24, 2.45) is 0 Å². The summed E-state index contributed by atoms with van der Waals surface area (Å²) in [6.07, 6.45) is 0. The fourth-order valence-corrected chi connectivity index (χ4v) is 2.84. The molecule has 2 aromatic rings. The molecular formula is C11H8IN5O3S. The van der Waals surface area contributed by atoms with Gasteiger partial charge in [-0.25, -0.2) is 0 Å². The van der Waals surface area contributed by atoms with Crippen LogP contribution in [0, 0.1) is 25.0 Å². The van der Waals surface area contributed by atoms with Crippen molar-refractivity contribution in [2.45, 2.75) is 6.61 Å². The molecule has 0 aliphatic heterocycles. The number of nitro groups is 1. The smallest absolute Gasteiger partial charge is 0.313 e. The van der Waals surface area contributed by atoms with Crippen molar-refractivity contribution < 1.29 is 9.66 Å². The van der Waals surface area contributed by atoms with Gasteiger partial charge in [-0.05, 0) is 28.7 Å². The van der Waals surface area contributed by atoms with E-state index in [1.807, 2.05) is 28.7 Å². The van der Waals surface area contributed by atoms with Crippen molar-refractivity contribution in [3.63, 3.8) is 0 Å². The van der Waals surface area contributed by atoms with Crippen LogP contribution in [0.5, 0.6) is 5.75 Å². The quantitative estimate of drug-likeness (QED) is 0.452. The fraction of sp³-hybridized carbons (Fsp3) is 0.182. The van der Waals surface area contributed by atoms with Gasteiger partial charge in [-0.2, -0.15) is 5.26 Å². The summed E-state index contributed by atoms with van der Waals surface area (Å²) in [5.74, 6) is 0.126. The first-order valence-corrected chi connectivity index (χ1v) is 7.45. The van der Waals surface area contributed by atoms with Gasteiger partial charge in [0.05, 0.1) is 20.1 Å². The van der Waals surface area contributed by atoms with Crippen LogP contribution in [0.3, 0.4) is 0 Å². The van der Waals surface area contributed by atoms with Crippen LogP contribution in [-0.4, -0.2) is 22.2 Å². The summed E-state index contributed by atoms with van der Waals surface area (Å²) in [6.45, 7) is 0.0715. The van der Waals surface area contributed by atoms with Crippen LogP contribution in [0.25, 0.3) is 0 Å². The van der Waals surface area contributed by atoms with E-state index in [1.165, 1.54) is 23.5 Å². The van der Waals surface area contributed by atoms with E-state index in [4.69, 9.17) is 10.00 Å². The molecule has 0 saturated heterocycles. The molecule has 0 amide bonds. The minimum Gasteiger partial charge on any atom is -0.479 e. The summed E-state index contributed by atoms with van der Waals surface area (Å²) < 4.78 is 5.99. The van der Waals surface area contributed by atoms with E-state index in [0.29, 0.717) is 13.7 Å². The van der Waals surface area contributed by atoms with E-state index in [-0.39, 0.29) is 23.6 Å².